The van der Waals surface area contributed by atoms with Crippen molar-refractivity contribution in [2.75, 3.05) is 0 Å². The molecule has 5 aliphatic rings. The first-order valence-electron chi connectivity index (χ1n) is 15.2. The van der Waals surface area contributed by atoms with E-state index in [1.165, 1.54) is 19.3 Å². The molecule has 0 aliphatic heterocycles. The molecule has 0 saturated heterocycles. The summed E-state index contributed by atoms with van der Waals surface area (Å²) in [5.74, 6) is 3.86. The minimum atomic E-state index is -4.52. The van der Waals surface area contributed by atoms with Crippen molar-refractivity contribution in [1.82, 2.24) is 0 Å². The van der Waals surface area contributed by atoms with Crippen LogP contribution in [0.5, 0.6) is 0 Å². The van der Waals surface area contributed by atoms with Crippen LogP contribution >= 0.6 is 0 Å². The highest BCUT2D eigenvalue weighted by Crippen LogP contribution is 2.69. The first-order chi connectivity index (χ1) is 16.7. The molecule has 5 fully saturated rings. The average molecular weight is 513 g/mol. The van der Waals surface area contributed by atoms with Crippen LogP contribution in [0.2, 0.25) is 0 Å². The Balaban J connectivity index is 1.25. The fraction of sp³-hybridized carbons (Fsp3) is 1.00. The largest absolute Gasteiger partial charge is 0.417 e. The molecule has 0 aromatic rings. The zero-order chi connectivity index (χ0) is 26.1. The molecule has 0 aromatic carbocycles. The van der Waals surface area contributed by atoms with Crippen molar-refractivity contribution >= 4 is 0 Å². The molecule has 5 heteroatoms. The average Bonchev–Trinajstić information content (AvgIpc) is 3.17. The van der Waals surface area contributed by atoms with E-state index in [-0.39, 0.29) is 24.2 Å². The Morgan fingerprint density at radius 1 is 0.806 bits per heavy atom. The van der Waals surface area contributed by atoms with Gasteiger partial charge in [0.15, 0.2) is 5.60 Å². The first kappa shape index (κ1) is 27.3. The Morgan fingerprint density at radius 2 is 1.47 bits per heavy atom. The van der Waals surface area contributed by atoms with E-state index in [1.807, 2.05) is 0 Å². The fourth-order valence-corrected chi connectivity index (χ4v) is 10.7. The van der Waals surface area contributed by atoms with Gasteiger partial charge >= 0.3 is 6.18 Å². The normalized spacial score (nSPS) is 52.2. The van der Waals surface area contributed by atoms with Gasteiger partial charge in [0.05, 0.1) is 5.60 Å². The molecule has 0 spiro atoms. The van der Waals surface area contributed by atoms with Crippen LogP contribution in [0.1, 0.15) is 124 Å². The topological polar surface area (TPSA) is 40.5 Å². The third-order valence-corrected chi connectivity index (χ3v) is 13.3. The van der Waals surface area contributed by atoms with Gasteiger partial charge in [-0.25, -0.2) is 0 Å². The van der Waals surface area contributed by atoms with Crippen LogP contribution in [0.25, 0.3) is 0 Å². The van der Waals surface area contributed by atoms with Crippen LogP contribution < -0.4 is 0 Å². The van der Waals surface area contributed by atoms with Gasteiger partial charge in [-0.3, -0.25) is 0 Å². The summed E-state index contributed by atoms with van der Waals surface area (Å²) in [7, 11) is 0. The number of aliphatic hydroxyl groups is 2. The summed E-state index contributed by atoms with van der Waals surface area (Å²) in [5.41, 5.74) is -2.67. The Morgan fingerprint density at radius 3 is 2.14 bits per heavy atom. The van der Waals surface area contributed by atoms with E-state index in [2.05, 4.69) is 27.7 Å². The number of hydrogen-bond donors (Lipinski definition) is 2. The third-order valence-electron chi connectivity index (χ3n) is 13.3. The lowest BCUT2D eigenvalue weighted by Gasteiger charge is -2.62. The van der Waals surface area contributed by atoms with E-state index in [0.29, 0.717) is 41.4 Å². The van der Waals surface area contributed by atoms with Crippen molar-refractivity contribution in [3.63, 3.8) is 0 Å². The summed E-state index contributed by atoms with van der Waals surface area (Å²) < 4.78 is 40.9. The quantitative estimate of drug-likeness (QED) is 0.398. The summed E-state index contributed by atoms with van der Waals surface area (Å²) in [5, 5.41) is 21.6. The van der Waals surface area contributed by atoms with Gasteiger partial charge in [0.1, 0.15) is 0 Å². The second-order valence-electron chi connectivity index (χ2n) is 15.0. The van der Waals surface area contributed by atoms with Crippen molar-refractivity contribution in [3.8, 4) is 0 Å². The first-order valence-corrected chi connectivity index (χ1v) is 15.2. The van der Waals surface area contributed by atoms with Crippen molar-refractivity contribution in [1.29, 1.82) is 0 Å². The summed E-state index contributed by atoms with van der Waals surface area (Å²) in [6.07, 6.45) is 8.78. The summed E-state index contributed by atoms with van der Waals surface area (Å²) in [6, 6.07) is 0. The Bertz CT molecular complexity index is 804. The van der Waals surface area contributed by atoms with E-state index in [0.717, 1.165) is 63.7 Å². The zero-order valence-electron chi connectivity index (χ0n) is 23.2. The molecule has 36 heavy (non-hydrogen) atoms. The van der Waals surface area contributed by atoms with Gasteiger partial charge in [-0.05, 0) is 149 Å². The molecule has 2 nitrogen and oxygen atoms in total. The maximum atomic E-state index is 13.6. The molecule has 208 valence electrons. The van der Waals surface area contributed by atoms with E-state index < -0.39 is 17.4 Å². The monoisotopic (exact) mass is 512 g/mol. The SMILES string of the molecule is CC1CCC(O)(CC[C@@H](C)[C@H]2CC[C@H]3[C@@H]4CC[C@H]5C[C@](O)(C(F)(F)F)CC[C@]5(C)[C@H]4CC[C@]23C)CC1. The highest BCUT2D eigenvalue weighted by atomic mass is 19.4. The third kappa shape index (κ3) is 4.38. The maximum Gasteiger partial charge on any atom is 0.417 e. The maximum absolute atomic E-state index is 13.6. The number of halogens is 3. The van der Waals surface area contributed by atoms with Crippen molar-refractivity contribution < 1.29 is 23.4 Å². The van der Waals surface area contributed by atoms with Crippen LogP contribution in [0.15, 0.2) is 0 Å². The van der Waals surface area contributed by atoms with Gasteiger partial charge < -0.3 is 10.2 Å². The van der Waals surface area contributed by atoms with Crippen LogP contribution in [0, 0.1) is 52.3 Å². The Labute approximate surface area is 217 Å². The molecule has 2 N–H and O–H groups in total. The summed E-state index contributed by atoms with van der Waals surface area (Å²) in [4.78, 5) is 0. The standard InChI is InChI=1S/C31H51F3O2/c1-20-9-14-29(35,15-10-20)16-11-21(2)24-7-8-25-23-6-5-22-19-30(36,31(32,33)34)18-17-27(22,3)26(23)12-13-28(24,25)4/h20-26,35-36H,5-19H2,1-4H3/t20?,21-,22+,23+,24-,25+,26+,27+,28-,29?,30+/m1/s1. The zero-order valence-corrected chi connectivity index (χ0v) is 23.2. The molecule has 0 radical (unpaired) electrons. The predicted molar refractivity (Wildman–Crippen MR) is 137 cm³/mol. The minimum absolute atomic E-state index is 0.0152. The lowest BCUT2D eigenvalue weighted by molar-refractivity contribution is -0.290. The smallest absolute Gasteiger partial charge is 0.390 e. The van der Waals surface area contributed by atoms with Gasteiger partial charge in [0.25, 0.3) is 0 Å². The Hall–Kier alpha value is -0.290. The number of fused-ring (bicyclic) bond motifs is 5. The number of alkyl halides is 3. The van der Waals surface area contributed by atoms with Crippen LogP contribution in [-0.4, -0.2) is 27.6 Å². The number of rotatable bonds is 4. The van der Waals surface area contributed by atoms with Crippen molar-refractivity contribution in [2.24, 2.45) is 52.3 Å². The minimum Gasteiger partial charge on any atom is -0.390 e. The predicted octanol–water partition coefficient (Wildman–Crippen LogP) is 8.30. The molecular formula is C31H51F3O2. The molecular weight excluding hydrogens is 461 g/mol. The van der Waals surface area contributed by atoms with Gasteiger partial charge in [-0.15, -0.1) is 0 Å². The molecule has 0 amide bonds. The molecule has 9 atom stereocenters. The Kier molecular flexibility index (Phi) is 6.92. The summed E-state index contributed by atoms with van der Waals surface area (Å²) in [6.45, 7) is 9.54. The lowest BCUT2D eigenvalue weighted by atomic mass is 9.43. The van der Waals surface area contributed by atoms with Crippen LogP contribution in [0.4, 0.5) is 13.2 Å². The molecule has 5 saturated carbocycles. The molecule has 0 bridgehead atoms. The fourth-order valence-electron chi connectivity index (χ4n) is 10.7. The van der Waals surface area contributed by atoms with E-state index in [1.54, 1.807) is 0 Å². The number of hydrogen-bond acceptors (Lipinski definition) is 2. The van der Waals surface area contributed by atoms with E-state index in [4.69, 9.17) is 0 Å². The van der Waals surface area contributed by atoms with Gasteiger partial charge in [0.2, 0.25) is 0 Å². The van der Waals surface area contributed by atoms with Gasteiger partial charge in [0, 0.05) is 0 Å². The molecule has 5 aliphatic carbocycles. The molecule has 0 aromatic heterocycles. The highest BCUT2D eigenvalue weighted by molar-refractivity contribution is 5.11. The molecule has 0 unspecified atom stereocenters. The molecule has 5 rings (SSSR count). The van der Waals surface area contributed by atoms with Crippen LogP contribution in [-0.2, 0) is 0 Å². The second kappa shape index (κ2) is 9.14. The van der Waals surface area contributed by atoms with Crippen molar-refractivity contribution in [2.45, 2.75) is 141 Å². The van der Waals surface area contributed by atoms with Crippen LogP contribution in [0.3, 0.4) is 0 Å². The van der Waals surface area contributed by atoms with Gasteiger partial charge in [-0.1, -0.05) is 27.7 Å². The molecule has 0 heterocycles. The second-order valence-corrected chi connectivity index (χ2v) is 15.0. The lowest BCUT2D eigenvalue weighted by Crippen LogP contribution is -2.59. The van der Waals surface area contributed by atoms with E-state index in [9.17, 15) is 23.4 Å². The summed E-state index contributed by atoms with van der Waals surface area (Å²) >= 11 is 0. The highest BCUT2D eigenvalue weighted by Gasteiger charge is 2.65. The van der Waals surface area contributed by atoms with E-state index >= 15 is 0 Å². The van der Waals surface area contributed by atoms with Gasteiger partial charge in [-0.2, -0.15) is 13.2 Å². The van der Waals surface area contributed by atoms with Crippen molar-refractivity contribution in [3.05, 3.63) is 0 Å².